The van der Waals surface area contributed by atoms with Crippen LogP contribution in [0.4, 0.5) is 0 Å². The van der Waals surface area contributed by atoms with Gasteiger partial charge in [-0.25, -0.2) is 4.79 Å². The average molecular weight is 367 g/mol. The third kappa shape index (κ3) is 3.69. The van der Waals surface area contributed by atoms with E-state index in [-0.39, 0.29) is 22.9 Å². The number of fused-ring (bicyclic) bond motifs is 1. The highest BCUT2D eigenvalue weighted by molar-refractivity contribution is 6.22. The topological polar surface area (TPSA) is 72.9 Å². The van der Waals surface area contributed by atoms with E-state index in [9.17, 15) is 14.4 Å². The van der Waals surface area contributed by atoms with E-state index in [4.69, 9.17) is 9.47 Å². The molecule has 0 spiro atoms. The molecule has 0 saturated carbocycles. The molecule has 6 nitrogen and oxygen atoms in total. The lowest BCUT2D eigenvalue weighted by Gasteiger charge is -2.12. The number of hydrogen-bond donors (Lipinski definition) is 0. The Labute approximate surface area is 157 Å². The van der Waals surface area contributed by atoms with Crippen molar-refractivity contribution < 1.29 is 23.9 Å². The molecule has 1 aliphatic heterocycles. The van der Waals surface area contributed by atoms with Gasteiger partial charge in [-0.05, 0) is 43.7 Å². The molecule has 0 unspecified atom stereocenters. The number of nitrogens with zero attached hydrogens (tertiary/aromatic N) is 1. The summed E-state index contributed by atoms with van der Waals surface area (Å²) in [7, 11) is 0. The molecule has 2 aromatic rings. The van der Waals surface area contributed by atoms with Crippen LogP contribution >= 0.6 is 0 Å². The lowest BCUT2D eigenvalue weighted by atomic mass is 10.1. The first-order valence-corrected chi connectivity index (χ1v) is 9.01. The second-order valence-electron chi connectivity index (χ2n) is 6.15. The predicted octanol–water partition coefficient (Wildman–Crippen LogP) is 3.70. The molecule has 1 aliphatic rings. The Morgan fingerprint density at radius 3 is 2.37 bits per heavy atom. The Bertz CT molecular complexity index is 890. The zero-order chi connectivity index (χ0) is 19.4. The van der Waals surface area contributed by atoms with Gasteiger partial charge in [0.15, 0.2) is 11.5 Å². The van der Waals surface area contributed by atoms with E-state index < -0.39 is 5.97 Å². The van der Waals surface area contributed by atoms with Crippen molar-refractivity contribution in [2.75, 3.05) is 13.2 Å². The van der Waals surface area contributed by atoms with Crippen LogP contribution in [0.5, 0.6) is 11.5 Å². The summed E-state index contributed by atoms with van der Waals surface area (Å²) < 4.78 is 10.9. The van der Waals surface area contributed by atoms with Crippen LogP contribution < -0.4 is 9.47 Å². The fourth-order valence-corrected chi connectivity index (χ4v) is 2.91. The minimum absolute atomic E-state index is 0.207. The normalized spacial score (nSPS) is 12.9. The molecule has 0 bridgehead atoms. The van der Waals surface area contributed by atoms with E-state index >= 15 is 0 Å². The number of para-hydroxylation sites is 2. The monoisotopic (exact) mass is 367 g/mol. The number of hydrogen-bond acceptors (Lipinski definition) is 5. The molecule has 2 amide bonds. The van der Waals surface area contributed by atoms with E-state index in [1.54, 1.807) is 24.3 Å². The molecule has 6 heteroatoms. The fraction of sp³-hybridized carbons (Fsp3) is 0.286. The summed E-state index contributed by atoms with van der Waals surface area (Å²) in [6, 6.07) is 11.3. The molecule has 0 aromatic heterocycles. The Hall–Kier alpha value is -3.15. The molecule has 140 valence electrons. The maximum atomic E-state index is 12.5. The highest BCUT2D eigenvalue weighted by Gasteiger charge is 2.35. The van der Waals surface area contributed by atoms with Crippen molar-refractivity contribution in [3.63, 3.8) is 0 Å². The second-order valence-corrected chi connectivity index (χ2v) is 6.15. The molecule has 27 heavy (non-hydrogen) atoms. The SMILES string of the molecule is CCCCN1C(=O)c2ccc(C(=O)Oc3ccccc3OCC)cc2C1=O. The number of carbonyl (C=O) groups excluding carboxylic acids is 3. The summed E-state index contributed by atoms with van der Waals surface area (Å²) in [5.74, 6) is -0.529. The molecule has 0 saturated heterocycles. The van der Waals surface area contributed by atoms with Gasteiger partial charge in [-0.3, -0.25) is 14.5 Å². The van der Waals surface area contributed by atoms with Gasteiger partial charge in [-0.2, -0.15) is 0 Å². The molecule has 2 aromatic carbocycles. The Morgan fingerprint density at radius 1 is 0.963 bits per heavy atom. The zero-order valence-electron chi connectivity index (χ0n) is 15.4. The number of esters is 1. The smallest absolute Gasteiger partial charge is 0.343 e. The van der Waals surface area contributed by atoms with Crippen molar-refractivity contribution >= 4 is 17.8 Å². The number of ether oxygens (including phenoxy) is 2. The summed E-state index contributed by atoms with van der Waals surface area (Å²) >= 11 is 0. The van der Waals surface area contributed by atoms with Crippen LogP contribution in [0, 0.1) is 0 Å². The first-order chi connectivity index (χ1) is 13.1. The summed E-state index contributed by atoms with van der Waals surface area (Å²) in [5, 5.41) is 0. The van der Waals surface area contributed by atoms with Gasteiger partial charge in [0.2, 0.25) is 0 Å². The van der Waals surface area contributed by atoms with Gasteiger partial charge >= 0.3 is 5.97 Å². The molecular weight excluding hydrogens is 346 g/mol. The lowest BCUT2D eigenvalue weighted by Crippen LogP contribution is -2.30. The lowest BCUT2D eigenvalue weighted by molar-refractivity contribution is 0.0651. The van der Waals surface area contributed by atoms with E-state index in [2.05, 4.69) is 0 Å². The van der Waals surface area contributed by atoms with Crippen LogP contribution in [0.1, 0.15) is 57.8 Å². The maximum absolute atomic E-state index is 12.5. The number of amides is 2. The minimum Gasteiger partial charge on any atom is -0.490 e. The van der Waals surface area contributed by atoms with Gasteiger partial charge in [-0.15, -0.1) is 0 Å². The van der Waals surface area contributed by atoms with Gasteiger partial charge < -0.3 is 9.47 Å². The summed E-state index contributed by atoms with van der Waals surface area (Å²) in [4.78, 5) is 38.6. The van der Waals surface area contributed by atoms with Gasteiger partial charge in [0.05, 0.1) is 23.3 Å². The highest BCUT2D eigenvalue weighted by Crippen LogP contribution is 2.28. The van der Waals surface area contributed by atoms with Crippen molar-refractivity contribution in [1.29, 1.82) is 0 Å². The minimum atomic E-state index is -0.614. The molecule has 0 aliphatic carbocycles. The Balaban J connectivity index is 1.82. The molecule has 0 radical (unpaired) electrons. The van der Waals surface area contributed by atoms with E-state index in [1.165, 1.54) is 23.1 Å². The third-order valence-corrected chi connectivity index (χ3v) is 4.29. The summed E-state index contributed by atoms with van der Waals surface area (Å²) in [6.45, 7) is 4.65. The van der Waals surface area contributed by atoms with Gasteiger partial charge in [-0.1, -0.05) is 25.5 Å². The highest BCUT2D eigenvalue weighted by atomic mass is 16.6. The van der Waals surface area contributed by atoms with Crippen molar-refractivity contribution in [2.45, 2.75) is 26.7 Å². The fourth-order valence-electron chi connectivity index (χ4n) is 2.91. The van der Waals surface area contributed by atoms with E-state index in [0.717, 1.165) is 12.8 Å². The standard InChI is InChI=1S/C21H21NO5/c1-3-5-12-22-19(23)15-11-10-14(13-16(15)20(22)24)21(25)27-18-9-7-6-8-17(18)26-4-2/h6-11,13H,3-5,12H2,1-2H3. The van der Waals surface area contributed by atoms with Crippen molar-refractivity contribution in [3.05, 3.63) is 59.2 Å². The van der Waals surface area contributed by atoms with Crippen molar-refractivity contribution in [2.24, 2.45) is 0 Å². The van der Waals surface area contributed by atoms with Crippen molar-refractivity contribution in [1.82, 2.24) is 4.90 Å². The second kappa shape index (κ2) is 8.03. The molecule has 0 N–H and O–H groups in total. The maximum Gasteiger partial charge on any atom is 0.343 e. The molecule has 1 heterocycles. The van der Waals surface area contributed by atoms with Gasteiger partial charge in [0, 0.05) is 6.54 Å². The molecule has 0 atom stereocenters. The van der Waals surface area contributed by atoms with Gasteiger partial charge in [0.1, 0.15) is 0 Å². The van der Waals surface area contributed by atoms with E-state index in [1.807, 2.05) is 13.8 Å². The van der Waals surface area contributed by atoms with E-state index in [0.29, 0.717) is 30.2 Å². The number of carbonyl (C=O) groups is 3. The number of benzene rings is 2. The molecule has 3 rings (SSSR count). The number of imide groups is 1. The zero-order valence-corrected chi connectivity index (χ0v) is 15.4. The number of rotatable bonds is 7. The quantitative estimate of drug-likeness (QED) is 0.424. The first-order valence-electron chi connectivity index (χ1n) is 9.01. The average Bonchev–Trinajstić information content (AvgIpc) is 2.92. The predicted molar refractivity (Wildman–Crippen MR) is 99.3 cm³/mol. The van der Waals surface area contributed by atoms with Crippen LogP contribution in [0.2, 0.25) is 0 Å². The van der Waals surface area contributed by atoms with Crippen LogP contribution in [0.15, 0.2) is 42.5 Å². The van der Waals surface area contributed by atoms with Crippen LogP contribution in [-0.4, -0.2) is 35.8 Å². The Morgan fingerprint density at radius 2 is 1.67 bits per heavy atom. The first kappa shape index (κ1) is 18.6. The van der Waals surface area contributed by atoms with Crippen LogP contribution in [-0.2, 0) is 0 Å². The largest absolute Gasteiger partial charge is 0.490 e. The summed E-state index contributed by atoms with van der Waals surface area (Å²) in [5.41, 5.74) is 0.768. The Kier molecular flexibility index (Phi) is 5.54. The molecule has 0 fully saturated rings. The van der Waals surface area contributed by atoms with Crippen LogP contribution in [0.25, 0.3) is 0 Å². The van der Waals surface area contributed by atoms with Crippen molar-refractivity contribution in [3.8, 4) is 11.5 Å². The molecular formula is C21H21NO5. The van der Waals surface area contributed by atoms with Gasteiger partial charge in [0.25, 0.3) is 11.8 Å². The number of unbranched alkanes of at least 4 members (excludes halogenated alkanes) is 1. The van der Waals surface area contributed by atoms with Crippen LogP contribution in [0.3, 0.4) is 0 Å². The summed E-state index contributed by atoms with van der Waals surface area (Å²) in [6.07, 6.45) is 1.62. The third-order valence-electron chi connectivity index (χ3n) is 4.29.